The molecule has 0 aliphatic carbocycles. The second kappa shape index (κ2) is 4.47. The minimum Gasteiger partial charge on any atom is -0.396 e. The van der Waals surface area contributed by atoms with E-state index in [0.717, 1.165) is 6.42 Å². The largest absolute Gasteiger partial charge is 0.396 e. The maximum absolute atomic E-state index is 9.44. The van der Waals surface area contributed by atoms with Gasteiger partial charge in [0, 0.05) is 6.61 Å². The molecule has 0 aromatic heterocycles. The fraction of sp³-hybridized carbons (Fsp3) is 0.750. The van der Waals surface area contributed by atoms with Crippen LogP contribution in [0.25, 0.3) is 0 Å². The molecule has 0 bridgehead atoms. The fourth-order valence-corrected chi connectivity index (χ4v) is 0.779. The molecule has 0 saturated heterocycles. The zero-order valence-corrected chi connectivity index (χ0v) is 6.51. The van der Waals surface area contributed by atoms with E-state index < -0.39 is 5.60 Å². The van der Waals surface area contributed by atoms with Crippen molar-refractivity contribution in [2.75, 3.05) is 6.61 Å². The molecule has 0 aliphatic heterocycles. The van der Waals surface area contributed by atoms with Crippen molar-refractivity contribution >= 4 is 0 Å². The van der Waals surface area contributed by atoms with Crippen LogP contribution in [0.4, 0.5) is 0 Å². The van der Waals surface area contributed by atoms with Crippen LogP contribution in [0.5, 0.6) is 0 Å². The lowest BCUT2D eigenvalue weighted by atomic mass is 9.97. The van der Waals surface area contributed by atoms with Crippen molar-refractivity contribution in [1.29, 1.82) is 0 Å². The summed E-state index contributed by atoms with van der Waals surface area (Å²) in [6, 6.07) is 0. The molecule has 0 saturated carbocycles. The van der Waals surface area contributed by atoms with E-state index in [0.29, 0.717) is 12.8 Å². The van der Waals surface area contributed by atoms with Crippen LogP contribution < -0.4 is 0 Å². The van der Waals surface area contributed by atoms with Gasteiger partial charge in [0.2, 0.25) is 0 Å². The van der Waals surface area contributed by atoms with Gasteiger partial charge in [-0.15, -0.1) is 6.58 Å². The Morgan fingerprint density at radius 1 is 1.50 bits per heavy atom. The second-order valence-corrected chi connectivity index (χ2v) is 2.80. The Hall–Kier alpha value is -0.340. The predicted octanol–water partition coefficient (Wildman–Crippen LogP) is 1.09. The number of hydrogen-bond donors (Lipinski definition) is 2. The van der Waals surface area contributed by atoms with Gasteiger partial charge in [0.25, 0.3) is 0 Å². The van der Waals surface area contributed by atoms with E-state index in [1.54, 1.807) is 13.0 Å². The number of hydrogen-bond acceptors (Lipinski definition) is 2. The predicted molar refractivity (Wildman–Crippen MR) is 41.8 cm³/mol. The highest BCUT2D eigenvalue weighted by Crippen LogP contribution is 2.15. The monoisotopic (exact) mass is 144 g/mol. The Balaban J connectivity index is 3.51. The molecule has 0 heterocycles. The highest BCUT2D eigenvalue weighted by molar-refractivity contribution is 4.77. The van der Waals surface area contributed by atoms with Crippen LogP contribution in [0.3, 0.4) is 0 Å². The second-order valence-electron chi connectivity index (χ2n) is 2.80. The van der Waals surface area contributed by atoms with Gasteiger partial charge < -0.3 is 10.2 Å². The molecule has 0 radical (unpaired) electrons. The number of aliphatic hydroxyl groups excluding tert-OH is 1. The summed E-state index contributed by atoms with van der Waals surface area (Å²) in [5, 5.41) is 18.0. The highest BCUT2D eigenvalue weighted by atomic mass is 16.3. The van der Waals surface area contributed by atoms with Crippen molar-refractivity contribution in [3.05, 3.63) is 12.7 Å². The van der Waals surface area contributed by atoms with Crippen LogP contribution in [0.2, 0.25) is 0 Å². The SMILES string of the molecule is C=CCC[C@](C)(O)CCO. The lowest BCUT2D eigenvalue weighted by Gasteiger charge is -2.20. The number of rotatable bonds is 5. The third-order valence-corrected chi connectivity index (χ3v) is 1.54. The molecule has 0 aromatic rings. The Kier molecular flexibility index (Phi) is 4.32. The summed E-state index contributed by atoms with van der Waals surface area (Å²) in [6.07, 6.45) is 3.69. The number of allylic oxidation sites excluding steroid dienone is 1. The van der Waals surface area contributed by atoms with Gasteiger partial charge >= 0.3 is 0 Å². The lowest BCUT2D eigenvalue weighted by Crippen LogP contribution is -2.24. The number of aliphatic hydroxyl groups is 2. The molecule has 1 atom stereocenters. The summed E-state index contributed by atoms with van der Waals surface area (Å²) < 4.78 is 0. The van der Waals surface area contributed by atoms with E-state index in [2.05, 4.69) is 6.58 Å². The Bertz CT molecular complexity index is 97.4. The molecule has 2 heteroatoms. The Labute approximate surface area is 62.2 Å². The summed E-state index contributed by atoms with van der Waals surface area (Å²) in [4.78, 5) is 0. The highest BCUT2D eigenvalue weighted by Gasteiger charge is 2.17. The van der Waals surface area contributed by atoms with E-state index in [-0.39, 0.29) is 6.61 Å². The molecule has 2 nitrogen and oxygen atoms in total. The third-order valence-electron chi connectivity index (χ3n) is 1.54. The standard InChI is InChI=1S/C8H16O2/c1-3-4-5-8(2,10)6-7-9/h3,9-10H,1,4-7H2,2H3/t8-/m0/s1. The van der Waals surface area contributed by atoms with Crippen LogP contribution in [0.1, 0.15) is 26.2 Å². The van der Waals surface area contributed by atoms with Gasteiger partial charge in [0.15, 0.2) is 0 Å². The maximum Gasteiger partial charge on any atom is 0.0644 e. The van der Waals surface area contributed by atoms with Gasteiger partial charge in [-0.25, -0.2) is 0 Å². The zero-order chi connectivity index (χ0) is 8.04. The van der Waals surface area contributed by atoms with Gasteiger partial charge in [-0.2, -0.15) is 0 Å². The van der Waals surface area contributed by atoms with Gasteiger partial charge in [-0.05, 0) is 26.2 Å². The molecule has 0 spiro atoms. The molecule has 2 N–H and O–H groups in total. The quantitative estimate of drug-likeness (QED) is 0.567. The first kappa shape index (κ1) is 9.66. The first-order chi connectivity index (χ1) is 4.62. The fourth-order valence-electron chi connectivity index (χ4n) is 0.779. The van der Waals surface area contributed by atoms with Crippen molar-refractivity contribution in [2.24, 2.45) is 0 Å². The van der Waals surface area contributed by atoms with E-state index in [9.17, 15) is 5.11 Å². The first-order valence-electron chi connectivity index (χ1n) is 3.56. The normalized spacial score (nSPS) is 16.3. The maximum atomic E-state index is 9.44. The van der Waals surface area contributed by atoms with E-state index in [4.69, 9.17) is 5.11 Å². The average molecular weight is 144 g/mol. The summed E-state index contributed by atoms with van der Waals surface area (Å²) in [5.74, 6) is 0. The third kappa shape index (κ3) is 4.53. The average Bonchev–Trinajstić information content (AvgIpc) is 1.84. The minimum absolute atomic E-state index is 0.0458. The molecule has 0 amide bonds. The topological polar surface area (TPSA) is 40.5 Å². The van der Waals surface area contributed by atoms with E-state index in [1.165, 1.54) is 0 Å². The Morgan fingerprint density at radius 2 is 2.10 bits per heavy atom. The molecule has 0 rings (SSSR count). The molecular formula is C8H16O2. The zero-order valence-electron chi connectivity index (χ0n) is 6.51. The van der Waals surface area contributed by atoms with Crippen LogP contribution in [-0.4, -0.2) is 22.4 Å². The molecular weight excluding hydrogens is 128 g/mol. The molecule has 10 heavy (non-hydrogen) atoms. The first-order valence-corrected chi connectivity index (χ1v) is 3.56. The summed E-state index contributed by atoms with van der Waals surface area (Å²) in [5.41, 5.74) is -0.719. The van der Waals surface area contributed by atoms with Crippen LogP contribution in [-0.2, 0) is 0 Å². The molecule has 0 unspecified atom stereocenters. The van der Waals surface area contributed by atoms with Crippen LogP contribution in [0, 0.1) is 0 Å². The van der Waals surface area contributed by atoms with Gasteiger partial charge in [-0.3, -0.25) is 0 Å². The van der Waals surface area contributed by atoms with E-state index in [1.807, 2.05) is 0 Å². The molecule has 0 aromatic carbocycles. The minimum atomic E-state index is -0.719. The van der Waals surface area contributed by atoms with Crippen LogP contribution >= 0.6 is 0 Å². The summed E-state index contributed by atoms with van der Waals surface area (Å²) >= 11 is 0. The van der Waals surface area contributed by atoms with Crippen molar-refractivity contribution < 1.29 is 10.2 Å². The lowest BCUT2D eigenvalue weighted by molar-refractivity contribution is 0.0264. The molecule has 0 aliphatic rings. The van der Waals surface area contributed by atoms with Crippen molar-refractivity contribution in [1.82, 2.24) is 0 Å². The van der Waals surface area contributed by atoms with Crippen molar-refractivity contribution in [3.8, 4) is 0 Å². The van der Waals surface area contributed by atoms with E-state index >= 15 is 0 Å². The summed E-state index contributed by atoms with van der Waals surface area (Å²) in [7, 11) is 0. The smallest absolute Gasteiger partial charge is 0.0644 e. The molecule has 60 valence electrons. The van der Waals surface area contributed by atoms with Gasteiger partial charge in [0.05, 0.1) is 5.60 Å². The van der Waals surface area contributed by atoms with Crippen LogP contribution in [0.15, 0.2) is 12.7 Å². The van der Waals surface area contributed by atoms with Gasteiger partial charge in [0.1, 0.15) is 0 Å². The van der Waals surface area contributed by atoms with Gasteiger partial charge in [-0.1, -0.05) is 6.08 Å². The Morgan fingerprint density at radius 3 is 2.50 bits per heavy atom. The summed E-state index contributed by atoms with van der Waals surface area (Å²) in [6.45, 7) is 5.32. The van der Waals surface area contributed by atoms with Crippen molar-refractivity contribution in [2.45, 2.75) is 31.8 Å². The van der Waals surface area contributed by atoms with Crippen molar-refractivity contribution in [3.63, 3.8) is 0 Å². The molecule has 0 fully saturated rings.